The van der Waals surface area contributed by atoms with Crippen LogP contribution in [0.2, 0.25) is 0 Å². The maximum Gasteiger partial charge on any atom is 0.0762 e. The lowest BCUT2D eigenvalue weighted by molar-refractivity contribution is 0.656. The lowest BCUT2D eigenvalue weighted by Gasteiger charge is -2.04. The second-order valence-corrected chi connectivity index (χ2v) is 4.31. The van der Waals surface area contributed by atoms with Crippen molar-refractivity contribution in [1.29, 1.82) is 0 Å². The fourth-order valence-electron chi connectivity index (χ4n) is 1.72. The third-order valence-corrected chi connectivity index (χ3v) is 2.86. The van der Waals surface area contributed by atoms with Crippen molar-refractivity contribution in [3.63, 3.8) is 0 Å². The SMILES string of the molecule is Cn1ccc(CNCc2cccc(CCl)c2)n1. The van der Waals surface area contributed by atoms with Gasteiger partial charge in [0.1, 0.15) is 0 Å². The molecule has 2 rings (SSSR count). The normalized spacial score (nSPS) is 10.7. The Bertz CT molecular complexity index is 479. The molecule has 0 bridgehead atoms. The van der Waals surface area contributed by atoms with Gasteiger partial charge in [-0.15, -0.1) is 11.6 Å². The first kappa shape index (κ1) is 12.1. The van der Waals surface area contributed by atoms with Crippen LogP contribution in [0.15, 0.2) is 36.5 Å². The van der Waals surface area contributed by atoms with Crippen molar-refractivity contribution in [2.45, 2.75) is 19.0 Å². The van der Waals surface area contributed by atoms with Crippen molar-refractivity contribution in [2.75, 3.05) is 0 Å². The highest BCUT2D eigenvalue weighted by Gasteiger charge is 1.98. The number of rotatable bonds is 5. The quantitative estimate of drug-likeness (QED) is 0.825. The fraction of sp³-hybridized carbons (Fsp3) is 0.308. The van der Waals surface area contributed by atoms with Crippen LogP contribution >= 0.6 is 11.6 Å². The summed E-state index contributed by atoms with van der Waals surface area (Å²) in [6, 6.07) is 10.3. The number of hydrogen-bond donors (Lipinski definition) is 1. The van der Waals surface area contributed by atoms with Gasteiger partial charge >= 0.3 is 0 Å². The van der Waals surface area contributed by atoms with Crippen molar-refractivity contribution < 1.29 is 0 Å². The molecule has 17 heavy (non-hydrogen) atoms. The molecule has 2 aromatic rings. The summed E-state index contributed by atoms with van der Waals surface area (Å²) in [6.45, 7) is 1.62. The second-order valence-electron chi connectivity index (χ2n) is 4.04. The van der Waals surface area contributed by atoms with E-state index >= 15 is 0 Å². The summed E-state index contributed by atoms with van der Waals surface area (Å²) in [5.74, 6) is 0.564. The molecule has 0 radical (unpaired) electrons. The van der Waals surface area contributed by atoms with Crippen molar-refractivity contribution in [2.24, 2.45) is 7.05 Å². The molecule has 3 nitrogen and oxygen atoms in total. The summed E-state index contributed by atoms with van der Waals surface area (Å²) in [7, 11) is 1.92. The highest BCUT2D eigenvalue weighted by Crippen LogP contribution is 2.07. The molecule has 0 amide bonds. The number of alkyl halides is 1. The Morgan fingerprint density at radius 3 is 2.76 bits per heavy atom. The number of nitrogens with one attached hydrogen (secondary N) is 1. The largest absolute Gasteiger partial charge is 0.307 e. The van der Waals surface area contributed by atoms with Gasteiger partial charge in [-0.1, -0.05) is 24.3 Å². The highest BCUT2D eigenvalue weighted by atomic mass is 35.5. The Labute approximate surface area is 106 Å². The lowest BCUT2D eigenvalue weighted by Crippen LogP contribution is -2.13. The van der Waals surface area contributed by atoms with Crippen LogP contribution in [0.1, 0.15) is 16.8 Å². The summed E-state index contributed by atoms with van der Waals surface area (Å²) < 4.78 is 1.81. The Morgan fingerprint density at radius 1 is 1.24 bits per heavy atom. The number of halogens is 1. The van der Waals surface area contributed by atoms with Crippen LogP contribution in [0.25, 0.3) is 0 Å². The summed E-state index contributed by atoms with van der Waals surface area (Å²) in [6.07, 6.45) is 1.95. The standard InChI is InChI=1S/C13H16ClN3/c1-17-6-5-13(16-17)10-15-9-12-4-2-3-11(7-12)8-14/h2-7,15H,8-10H2,1H3. The summed E-state index contributed by atoms with van der Waals surface area (Å²) in [5.41, 5.74) is 3.46. The maximum atomic E-state index is 5.80. The smallest absolute Gasteiger partial charge is 0.0762 e. The van der Waals surface area contributed by atoms with Crippen molar-refractivity contribution in [3.05, 3.63) is 53.3 Å². The number of nitrogens with zero attached hydrogens (tertiary/aromatic N) is 2. The van der Waals surface area contributed by atoms with Gasteiger partial charge in [0, 0.05) is 32.2 Å². The molecule has 0 aliphatic rings. The zero-order valence-electron chi connectivity index (χ0n) is 9.86. The van der Waals surface area contributed by atoms with Crippen LogP contribution in [-0.2, 0) is 26.0 Å². The zero-order chi connectivity index (χ0) is 12.1. The van der Waals surface area contributed by atoms with Crippen LogP contribution in [0.4, 0.5) is 0 Å². The average molecular weight is 250 g/mol. The number of hydrogen-bond acceptors (Lipinski definition) is 2. The lowest BCUT2D eigenvalue weighted by atomic mass is 10.1. The Kier molecular flexibility index (Phi) is 4.18. The van der Waals surface area contributed by atoms with E-state index in [2.05, 4.69) is 22.5 Å². The van der Waals surface area contributed by atoms with Crippen molar-refractivity contribution in [1.82, 2.24) is 15.1 Å². The first-order valence-corrected chi connectivity index (χ1v) is 6.14. The molecular formula is C13H16ClN3. The van der Waals surface area contributed by atoms with Crippen molar-refractivity contribution >= 4 is 11.6 Å². The number of benzene rings is 1. The predicted octanol–water partition coefficient (Wildman–Crippen LogP) is 2.45. The number of aryl methyl sites for hydroxylation is 1. The van der Waals surface area contributed by atoms with E-state index in [4.69, 9.17) is 11.6 Å². The monoisotopic (exact) mass is 249 g/mol. The Hall–Kier alpha value is -1.32. The van der Waals surface area contributed by atoms with E-state index < -0.39 is 0 Å². The minimum Gasteiger partial charge on any atom is -0.307 e. The molecule has 90 valence electrons. The third-order valence-electron chi connectivity index (χ3n) is 2.55. The fourth-order valence-corrected chi connectivity index (χ4v) is 1.88. The van der Waals surface area contributed by atoms with E-state index in [-0.39, 0.29) is 0 Å². The van der Waals surface area contributed by atoms with Crippen molar-refractivity contribution in [3.8, 4) is 0 Å². The van der Waals surface area contributed by atoms with Crippen LogP contribution in [0.3, 0.4) is 0 Å². The van der Waals surface area contributed by atoms with Gasteiger partial charge in [-0.05, 0) is 17.2 Å². The molecular weight excluding hydrogens is 234 g/mol. The van der Waals surface area contributed by atoms with Gasteiger partial charge in [0.25, 0.3) is 0 Å². The first-order valence-electron chi connectivity index (χ1n) is 5.61. The van der Waals surface area contributed by atoms with Crippen LogP contribution in [0.5, 0.6) is 0 Å². The number of aromatic nitrogens is 2. The van der Waals surface area contributed by atoms with Crippen LogP contribution in [-0.4, -0.2) is 9.78 Å². The minimum atomic E-state index is 0.564. The highest BCUT2D eigenvalue weighted by molar-refractivity contribution is 6.17. The molecule has 0 fully saturated rings. The van der Waals surface area contributed by atoms with Gasteiger partial charge < -0.3 is 5.32 Å². The van der Waals surface area contributed by atoms with E-state index in [1.165, 1.54) is 5.56 Å². The van der Waals surface area contributed by atoms with Crippen LogP contribution < -0.4 is 5.32 Å². The van der Waals surface area contributed by atoms with Gasteiger partial charge in [0.2, 0.25) is 0 Å². The average Bonchev–Trinajstić information content (AvgIpc) is 2.75. The van der Waals surface area contributed by atoms with Gasteiger partial charge in [-0.3, -0.25) is 4.68 Å². The van der Waals surface area contributed by atoms with Crippen LogP contribution in [0, 0.1) is 0 Å². The molecule has 0 saturated heterocycles. The topological polar surface area (TPSA) is 29.9 Å². The molecule has 0 aliphatic carbocycles. The molecule has 0 unspecified atom stereocenters. The molecule has 0 spiro atoms. The second kappa shape index (κ2) is 5.84. The summed E-state index contributed by atoms with van der Waals surface area (Å²) >= 11 is 5.80. The van der Waals surface area contributed by atoms with Gasteiger partial charge in [-0.2, -0.15) is 5.10 Å². The first-order chi connectivity index (χ1) is 8.28. The van der Waals surface area contributed by atoms with Gasteiger partial charge in [-0.25, -0.2) is 0 Å². The third kappa shape index (κ3) is 3.58. The Balaban J connectivity index is 1.85. The van der Waals surface area contributed by atoms with E-state index in [9.17, 15) is 0 Å². The van der Waals surface area contributed by atoms with E-state index in [1.807, 2.05) is 36.1 Å². The van der Waals surface area contributed by atoms with Gasteiger partial charge in [0.15, 0.2) is 0 Å². The maximum absolute atomic E-state index is 5.80. The van der Waals surface area contributed by atoms with E-state index in [0.29, 0.717) is 5.88 Å². The molecule has 4 heteroatoms. The molecule has 1 aromatic carbocycles. The molecule has 1 aromatic heterocycles. The molecule has 0 aliphatic heterocycles. The molecule has 0 saturated carbocycles. The minimum absolute atomic E-state index is 0.564. The van der Waals surface area contributed by atoms with Gasteiger partial charge in [0.05, 0.1) is 5.69 Å². The molecule has 1 N–H and O–H groups in total. The predicted molar refractivity (Wildman–Crippen MR) is 69.8 cm³/mol. The zero-order valence-corrected chi connectivity index (χ0v) is 10.6. The van der Waals surface area contributed by atoms with E-state index in [0.717, 1.165) is 24.3 Å². The molecule has 1 heterocycles. The Morgan fingerprint density at radius 2 is 2.06 bits per heavy atom. The summed E-state index contributed by atoms with van der Waals surface area (Å²) in [5, 5.41) is 7.67. The molecule has 0 atom stereocenters. The van der Waals surface area contributed by atoms with E-state index in [1.54, 1.807) is 0 Å². The summed E-state index contributed by atoms with van der Waals surface area (Å²) in [4.78, 5) is 0.